The third-order valence-electron chi connectivity index (χ3n) is 0.603. The van der Waals surface area contributed by atoms with E-state index in [1.165, 1.54) is 0 Å². The zero-order valence-electron chi connectivity index (χ0n) is 10.5. The molecule has 0 unspecified atom stereocenters. The number of hydrogen-bond acceptors (Lipinski definition) is 2. The van der Waals surface area contributed by atoms with E-state index < -0.39 is 5.60 Å². The van der Waals surface area contributed by atoms with Gasteiger partial charge in [0.25, 0.3) is 0 Å². The molecule has 0 amide bonds. The molecule has 80 valence electrons. The molecule has 0 atom stereocenters. The molecular formula is C12H19NaO2. The van der Waals surface area contributed by atoms with Gasteiger partial charge in [-0.2, -0.15) is 0 Å². The van der Waals surface area contributed by atoms with E-state index in [2.05, 4.69) is 30.1 Å². The van der Waals surface area contributed by atoms with Crippen molar-refractivity contribution in [3.05, 3.63) is 0 Å². The van der Waals surface area contributed by atoms with Crippen LogP contribution in [0.5, 0.6) is 0 Å². The second-order valence-corrected chi connectivity index (χ2v) is 2.49. The Bertz CT molecular complexity index is 222. The molecule has 0 saturated heterocycles. The maximum atomic E-state index is 8.59. The minimum atomic E-state index is -0.931. The molecule has 0 aromatic carbocycles. The van der Waals surface area contributed by atoms with Gasteiger partial charge in [-0.15, -0.1) is 30.6 Å². The van der Waals surface area contributed by atoms with Crippen LogP contribution in [0.2, 0.25) is 0 Å². The number of hydrogen-bond donors (Lipinski definition) is 1. The molecule has 0 aliphatic rings. The standard InChI is InChI=1S/C5H8O.C4H6.C3H4.Na.H2O/c1-4-5(2,3)6;1-3-4-2;1-3-2;;/h1,6H,2-3H3;1-2H3;1H,2H3;;1H2/q;;;+1;/p-1. The SMILES string of the molecule is C#CC.C#CC(C)(C)O.CC#CC.[Na+].[OH-]. The van der Waals surface area contributed by atoms with Crippen LogP contribution in [0, 0.1) is 36.5 Å². The first-order valence-electron chi connectivity index (χ1n) is 3.80. The van der Waals surface area contributed by atoms with E-state index >= 15 is 0 Å². The first kappa shape index (κ1) is 29.3. The summed E-state index contributed by atoms with van der Waals surface area (Å²) < 4.78 is 0. The molecule has 15 heavy (non-hydrogen) atoms. The quantitative estimate of drug-likeness (QED) is 0.414. The second-order valence-electron chi connectivity index (χ2n) is 2.49. The molecule has 3 heteroatoms. The first-order valence-corrected chi connectivity index (χ1v) is 3.80. The van der Waals surface area contributed by atoms with E-state index in [4.69, 9.17) is 11.5 Å². The molecule has 0 aliphatic carbocycles. The number of aliphatic hydroxyl groups is 1. The molecule has 0 bridgehead atoms. The summed E-state index contributed by atoms with van der Waals surface area (Å²) >= 11 is 0. The van der Waals surface area contributed by atoms with Gasteiger partial charge in [-0.1, -0.05) is 5.92 Å². The zero-order chi connectivity index (χ0) is 11.3. The van der Waals surface area contributed by atoms with Crippen molar-refractivity contribution in [3.8, 4) is 36.5 Å². The molecule has 0 radical (unpaired) electrons. The van der Waals surface area contributed by atoms with Gasteiger partial charge in [0, 0.05) is 0 Å². The molecule has 0 aromatic rings. The average molecular weight is 218 g/mol. The van der Waals surface area contributed by atoms with Gasteiger partial charge in [-0.05, 0) is 34.6 Å². The summed E-state index contributed by atoms with van der Waals surface area (Å²) in [6.07, 6.45) is 9.40. The van der Waals surface area contributed by atoms with Crippen molar-refractivity contribution in [2.24, 2.45) is 0 Å². The van der Waals surface area contributed by atoms with Crippen molar-refractivity contribution in [1.29, 1.82) is 0 Å². The Balaban J connectivity index is -0.0000000332. The van der Waals surface area contributed by atoms with Gasteiger partial charge in [0.15, 0.2) is 0 Å². The molecule has 2 nitrogen and oxygen atoms in total. The van der Waals surface area contributed by atoms with Gasteiger partial charge < -0.3 is 10.6 Å². The van der Waals surface area contributed by atoms with Crippen molar-refractivity contribution in [1.82, 2.24) is 0 Å². The summed E-state index contributed by atoms with van der Waals surface area (Å²) in [4.78, 5) is 0. The fourth-order valence-electron chi connectivity index (χ4n) is 0. The zero-order valence-corrected chi connectivity index (χ0v) is 12.5. The van der Waals surface area contributed by atoms with Crippen LogP contribution in [0.1, 0.15) is 34.6 Å². The van der Waals surface area contributed by atoms with Crippen molar-refractivity contribution in [2.75, 3.05) is 0 Å². The van der Waals surface area contributed by atoms with Gasteiger partial charge in [0.05, 0.1) is 0 Å². The fourth-order valence-corrected chi connectivity index (χ4v) is 0. The van der Waals surface area contributed by atoms with Gasteiger partial charge >= 0.3 is 29.6 Å². The van der Waals surface area contributed by atoms with Crippen molar-refractivity contribution in [2.45, 2.75) is 40.2 Å². The molecule has 0 saturated carbocycles. The van der Waals surface area contributed by atoms with Crippen molar-refractivity contribution in [3.63, 3.8) is 0 Å². The second kappa shape index (κ2) is 23.4. The Hall–Kier alpha value is -0.400. The molecule has 0 aliphatic heterocycles. The van der Waals surface area contributed by atoms with Gasteiger partial charge in [0.2, 0.25) is 0 Å². The molecule has 0 fully saturated rings. The van der Waals surface area contributed by atoms with Crippen LogP contribution in [0.3, 0.4) is 0 Å². The van der Waals surface area contributed by atoms with E-state index in [1.54, 1.807) is 20.8 Å². The minimum Gasteiger partial charge on any atom is -0.870 e. The first-order chi connectivity index (χ1) is 5.89. The van der Waals surface area contributed by atoms with Crippen molar-refractivity contribution >= 4 is 0 Å². The van der Waals surface area contributed by atoms with Crippen LogP contribution in [-0.4, -0.2) is 16.2 Å². The van der Waals surface area contributed by atoms with Crippen LogP contribution in [0.25, 0.3) is 0 Å². The third-order valence-corrected chi connectivity index (χ3v) is 0.603. The predicted octanol–water partition coefficient (Wildman–Crippen LogP) is -1.11. The Morgan fingerprint density at radius 3 is 1.13 bits per heavy atom. The summed E-state index contributed by atoms with van der Waals surface area (Å²) in [5, 5.41) is 8.59. The van der Waals surface area contributed by atoms with Crippen LogP contribution >= 0.6 is 0 Å². The van der Waals surface area contributed by atoms with E-state index in [0.717, 1.165) is 0 Å². The van der Waals surface area contributed by atoms with Gasteiger partial charge in [-0.25, -0.2) is 0 Å². The van der Waals surface area contributed by atoms with Crippen LogP contribution in [-0.2, 0) is 0 Å². The maximum absolute atomic E-state index is 8.59. The summed E-state index contributed by atoms with van der Waals surface area (Å²) in [6, 6.07) is 0. The molecule has 0 heterocycles. The molecule has 0 aromatic heterocycles. The van der Waals surface area contributed by atoms with Crippen LogP contribution < -0.4 is 29.6 Å². The fraction of sp³-hybridized carbons (Fsp3) is 0.500. The Morgan fingerprint density at radius 2 is 1.13 bits per heavy atom. The van der Waals surface area contributed by atoms with E-state index in [-0.39, 0.29) is 35.0 Å². The Labute approximate surface area is 116 Å². The van der Waals surface area contributed by atoms with Gasteiger partial charge in [0.1, 0.15) is 5.60 Å². The van der Waals surface area contributed by atoms with Crippen molar-refractivity contribution < 1.29 is 40.1 Å². The molecule has 2 N–H and O–H groups in total. The average Bonchev–Trinajstić information content (AvgIpc) is 2.05. The molecule has 0 spiro atoms. The minimum absolute atomic E-state index is 0. The largest absolute Gasteiger partial charge is 1.00 e. The predicted molar refractivity (Wildman–Crippen MR) is 60.7 cm³/mol. The molecule has 0 rings (SSSR count). The topological polar surface area (TPSA) is 50.2 Å². The van der Waals surface area contributed by atoms with Crippen LogP contribution in [0.15, 0.2) is 0 Å². The Kier molecular flexibility index (Phi) is 45.8. The number of terminal acetylenes is 2. The normalized spacial score (nSPS) is 5.60. The molecular weight excluding hydrogens is 199 g/mol. The smallest absolute Gasteiger partial charge is 0.870 e. The summed E-state index contributed by atoms with van der Waals surface area (Å²) in [5.41, 5.74) is -0.931. The van der Waals surface area contributed by atoms with E-state index in [0.29, 0.717) is 0 Å². The Morgan fingerprint density at radius 1 is 1.00 bits per heavy atom. The summed E-state index contributed by atoms with van der Waals surface area (Å²) in [5.74, 6) is 9.77. The maximum Gasteiger partial charge on any atom is 1.00 e. The van der Waals surface area contributed by atoms with E-state index in [9.17, 15) is 0 Å². The van der Waals surface area contributed by atoms with E-state index in [1.807, 2.05) is 13.8 Å². The number of rotatable bonds is 0. The van der Waals surface area contributed by atoms with Crippen LogP contribution in [0.4, 0.5) is 0 Å². The monoisotopic (exact) mass is 218 g/mol. The summed E-state index contributed by atoms with van der Waals surface area (Å²) in [6.45, 7) is 8.42. The third kappa shape index (κ3) is 141. The van der Waals surface area contributed by atoms with Gasteiger partial charge in [-0.3, -0.25) is 0 Å². The summed E-state index contributed by atoms with van der Waals surface area (Å²) in [7, 11) is 0.